The molecule has 0 saturated carbocycles. The van der Waals surface area contributed by atoms with Gasteiger partial charge in [-0.15, -0.1) is 0 Å². The van der Waals surface area contributed by atoms with Crippen molar-refractivity contribution in [3.05, 3.63) is 42.2 Å². The van der Waals surface area contributed by atoms with Crippen LogP contribution in [0.2, 0.25) is 0 Å². The fourth-order valence-corrected chi connectivity index (χ4v) is 4.77. The van der Waals surface area contributed by atoms with Gasteiger partial charge >= 0.3 is 0 Å². The Bertz CT molecular complexity index is 997. The predicted octanol–water partition coefficient (Wildman–Crippen LogP) is 2.06. The number of ether oxygens (including phenoxy) is 1. The molecular formula is C18H22N4O5S2. The largest absolute Gasteiger partial charge is 0.379 e. The number of morpholine rings is 1. The zero-order valence-electron chi connectivity index (χ0n) is 16.0. The molecule has 2 aromatic rings. The summed E-state index contributed by atoms with van der Waals surface area (Å²) in [7, 11) is -0.404. The minimum Gasteiger partial charge on any atom is -0.379 e. The maximum Gasteiger partial charge on any atom is 0.286 e. The highest BCUT2D eigenvalue weighted by Gasteiger charge is 2.28. The molecule has 1 aromatic heterocycles. The number of para-hydroxylation sites is 1. The summed E-state index contributed by atoms with van der Waals surface area (Å²) >= 11 is 0.991. The van der Waals surface area contributed by atoms with E-state index in [2.05, 4.69) is 10.3 Å². The van der Waals surface area contributed by atoms with E-state index in [1.807, 2.05) is 0 Å². The van der Waals surface area contributed by atoms with Gasteiger partial charge in [0.05, 0.1) is 18.9 Å². The quantitative estimate of drug-likeness (QED) is 0.691. The van der Waals surface area contributed by atoms with Crippen LogP contribution in [-0.4, -0.2) is 74.2 Å². The van der Waals surface area contributed by atoms with E-state index in [9.17, 15) is 18.0 Å². The molecule has 0 spiro atoms. The number of amides is 2. The number of hydrogen-bond donors (Lipinski definition) is 2. The lowest BCUT2D eigenvalue weighted by Gasteiger charge is -2.25. The number of sulfonamides is 1. The van der Waals surface area contributed by atoms with Gasteiger partial charge in [0.25, 0.3) is 11.1 Å². The van der Waals surface area contributed by atoms with Crippen LogP contribution in [0.3, 0.4) is 0 Å². The fraction of sp³-hybridized carbons (Fsp3) is 0.333. The van der Waals surface area contributed by atoms with E-state index in [1.165, 1.54) is 21.5 Å². The summed E-state index contributed by atoms with van der Waals surface area (Å²) in [5.41, 5.74) is 0.570. The van der Waals surface area contributed by atoms with Crippen LogP contribution in [0.1, 0.15) is 10.5 Å². The first-order chi connectivity index (χ1) is 13.8. The highest BCUT2D eigenvalue weighted by Crippen LogP contribution is 2.29. The highest BCUT2D eigenvalue weighted by molar-refractivity contribution is 8.13. The first kappa shape index (κ1) is 21.4. The lowest BCUT2D eigenvalue weighted by Crippen LogP contribution is -2.40. The van der Waals surface area contributed by atoms with E-state index in [1.54, 1.807) is 38.4 Å². The molecule has 9 nitrogen and oxygen atoms in total. The summed E-state index contributed by atoms with van der Waals surface area (Å²) in [6.07, 6.45) is 1.30. The summed E-state index contributed by atoms with van der Waals surface area (Å²) in [6.45, 7) is 1.24. The summed E-state index contributed by atoms with van der Waals surface area (Å²) in [4.78, 5) is 29.4. The Balaban J connectivity index is 1.75. The monoisotopic (exact) mass is 438 g/mol. The lowest BCUT2D eigenvalue weighted by molar-refractivity contribution is 0.0730. The molecule has 156 valence electrons. The Kier molecular flexibility index (Phi) is 6.63. The maximum absolute atomic E-state index is 12.7. The molecule has 1 aliphatic heterocycles. The molecule has 2 amide bonds. The average molecular weight is 439 g/mol. The Morgan fingerprint density at radius 3 is 2.59 bits per heavy atom. The Labute approximate surface area is 173 Å². The van der Waals surface area contributed by atoms with Crippen LogP contribution in [0, 0.1) is 0 Å². The van der Waals surface area contributed by atoms with Crippen LogP contribution in [0.4, 0.5) is 10.5 Å². The second-order valence-electron chi connectivity index (χ2n) is 6.48. The topological polar surface area (TPSA) is 112 Å². The van der Waals surface area contributed by atoms with Gasteiger partial charge in [-0.2, -0.15) is 4.31 Å². The number of anilines is 1. The molecule has 0 unspecified atom stereocenters. The molecule has 1 aliphatic rings. The summed E-state index contributed by atoms with van der Waals surface area (Å²) in [5.74, 6) is -0.501. The second kappa shape index (κ2) is 8.99. The van der Waals surface area contributed by atoms with Crippen molar-refractivity contribution < 1.29 is 22.7 Å². The van der Waals surface area contributed by atoms with Crippen LogP contribution in [0.5, 0.6) is 0 Å². The third kappa shape index (κ3) is 4.99. The highest BCUT2D eigenvalue weighted by atomic mass is 32.2. The van der Waals surface area contributed by atoms with Crippen LogP contribution in [0.25, 0.3) is 0 Å². The van der Waals surface area contributed by atoms with Gasteiger partial charge in [0, 0.05) is 38.3 Å². The van der Waals surface area contributed by atoms with Gasteiger partial charge in [0.15, 0.2) is 0 Å². The molecular weight excluding hydrogens is 416 g/mol. The standard InChI is InChI=1S/C18H22N4O5S2/c1-21(2)18(24)28-16-6-4-3-5-14(16)20-17(23)15-11-13(12-19-15)29(25,26)22-7-9-27-10-8-22/h3-6,11-12,19H,7-10H2,1-2H3,(H,20,23). The van der Waals surface area contributed by atoms with Gasteiger partial charge in [-0.1, -0.05) is 12.1 Å². The first-order valence-electron chi connectivity index (χ1n) is 8.85. The van der Waals surface area contributed by atoms with E-state index >= 15 is 0 Å². The molecule has 1 fully saturated rings. The molecule has 0 aliphatic carbocycles. The molecule has 0 atom stereocenters. The average Bonchev–Trinajstić information content (AvgIpc) is 3.21. The third-order valence-corrected chi connectivity index (χ3v) is 7.20. The number of carbonyl (C=O) groups excluding carboxylic acids is 2. The van der Waals surface area contributed by atoms with Gasteiger partial charge in [-0.25, -0.2) is 8.42 Å². The van der Waals surface area contributed by atoms with Gasteiger partial charge in [-0.3, -0.25) is 9.59 Å². The van der Waals surface area contributed by atoms with Crippen LogP contribution in [0.15, 0.2) is 46.3 Å². The number of rotatable bonds is 5. The molecule has 0 bridgehead atoms. The van der Waals surface area contributed by atoms with Crippen molar-refractivity contribution in [3.63, 3.8) is 0 Å². The van der Waals surface area contributed by atoms with Crippen molar-refractivity contribution in [2.45, 2.75) is 9.79 Å². The Hall–Kier alpha value is -2.34. The number of nitrogens with zero attached hydrogens (tertiary/aromatic N) is 2. The summed E-state index contributed by atoms with van der Waals surface area (Å²) in [5, 5.41) is 2.55. The van der Waals surface area contributed by atoms with Gasteiger partial charge in [0.2, 0.25) is 10.0 Å². The molecule has 1 saturated heterocycles. The minimum atomic E-state index is -3.69. The van der Waals surface area contributed by atoms with Crippen LogP contribution in [-0.2, 0) is 14.8 Å². The van der Waals surface area contributed by atoms with Crippen molar-refractivity contribution in [1.29, 1.82) is 0 Å². The van der Waals surface area contributed by atoms with Gasteiger partial charge in [-0.05, 0) is 30.0 Å². The van der Waals surface area contributed by atoms with Crippen molar-refractivity contribution in [2.24, 2.45) is 0 Å². The number of carbonyl (C=O) groups is 2. The maximum atomic E-state index is 12.7. The zero-order valence-corrected chi connectivity index (χ0v) is 17.7. The molecule has 3 rings (SSSR count). The molecule has 29 heavy (non-hydrogen) atoms. The van der Waals surface area contributed by atoms with Crippen LogP contribution < -0.4 is 5.32 Å². The van der Waals surface area contributed by atoms with Crippen molar-refractivity contribution in [2.75, 3.05) is 45.7 Å². The Morgan fingerprint density at radius 2 is 1.90 bits per heavy atom. The van der Waals surface area contributed by atoms with E-state index in [0.29, 0.717) is 23.8 Å². The molecule has 2 N–H and O–H groups in total. The summed E-state index contributed by atoms with van der Waals surface area (Å²) in [6, 6.07) is 8.22. The Morgan fingerprint density at radius 1 is 1.21 bits per heavy atom. The molecule has 0 radical (unpaired) electrons. The SMILES string of the molecule is CN(C)C(=O)Sc1ccccc1NC(=O)c1cc(S(=O)(=O)N2CCOCC2)c[nH]1. The number of aromatic nitrogens is 1. The minimum absolute atomic E-state index is 0.0231. The van der Waals surface area contributed by atoms with Gasteiger partial charge < -0.3 is 19.9 Å². The smallest absolute Gasteiger partial charge is 0.286 e. The number of aromatic amines is 1. The zero-order chi connectivity index (χ0) is 21.0. The first-order valence-corrected chi connectivity index (χ1v) is 11.1. The summed E-state index contributed by atoms with van der Waals surface area (Å²) < 4.78 is 31.9. The van der Waals surface area contributed by atoms with E-state index < -0.39 is 15.9 Å². The van der Waals surface area contributed by atoms with Crippen molar-refractivity contribution in [1.82, 2.24) is 14.2 Å². The van der Waals surface area contributed by atoms with Crippen molar-refractivity contribution >= 4 is 38.6 Å². The fourth-order valence-electron chi connectivity index (χ4n) is 2.62. The number of H-pyrrole nitrogens is 1. The molecule has 1 aromatic carbocycles. The van der Waals surface area contributed by atoms with Crippen LogP contribution >= 0.6 is 11.8 Å². The number of benzene rings is 1. The molecule has 11 heteroatoms. The predicted molar refractivity (Wildman–Crippen MR) is 110 cm³/mol. The van der Waals surface area contributed by atoms with E-state index in [0.717, 1.165) is 11.8 Å². The van der Waals surface area contributed by atoms with E-state index in [-0.39, 0.29) is 28.9 Å². The normalized spacial score (nSPS) is 15.1. The number of nitrogens with one attached hydrogen (secondary N) is 2. The second-order valence-corrected chi connectivity index (χ2v) is 9.41. The van der Waals surface area contributed by atoms with Gasteiger partial charge in [0.1, 0.15) is 10.6 Å². The van der Waals surface area contributed by atoms with Crippen molar-refractivity contribution in [3.8, 4) is 0 Å². The lowest BCUT2D eigenvalue weighted by atomic mass is 10.3. The number of thioether (sulfide) groups is 1. The van der Waals surface area contributed by atoms with E-state index in [4.69, 9.17) is 4.74 Å². The third-order valence-electron chi connectivity index (χ3n) is 4.21. The number of hydrogen-bond acceptors (Lipinski definition) is 6. The molecule has 2 heterocycles.